The number of pyridine rings is 1. The van der Waals surface area contributed by atoms with E-state index in [9.17, 15) is 4.79 Å². The number of methoxy groups -OCH3 is 1. The highest BCUT2D eigenvalue weighted by molar-refractivity contribution is 5.92. The molecule has 1 amide bonds. The van der Waals surface area contributed by atoms with E-state index < -0.39 is 0 Å². The first kappa shape index (κ1) is 17.3. The quantitative estimate of drug-likeness (QED) is 0.681. The number of anilines is 1. The van der Waals surface area contributed by atoms with E-state index in [4.69, 9.17) is 4.74 Å². The summed E-state index contributed by atoms with van der Waals surface area (Å²) < 4.78 is 5.32. The molecule has 0 aliphatic carbocycles. The molecular weight excluding hydrogens is 330 g/mol. The lowest BCUT2D eigenvalue weighted by Gasteiger charge is -2.10. The topological polar surface area (TPSA) is 89.0 Å². The van der Waals surface area contributed by atoms with Gasteiger partial charge in [-0.3, -0.25) is 9.78 Å². The molecule has 132 valence electrons. The molecule has 0 saturated heterocycles. The number of carbonyl (C=O) groups is 1. The number of ether oxygens (including phenoxy) is 1. The summed E-state index contributed by atoms with van der Waals surface area (Å²) in [6.45, 7) is 0.880. The summed E-state index contributed by atoms with van der Waals surface area (Å²) in [6, 6.07) is 13.0. The molecule has 0 fully saturated rings. The predicted octanol–water partition coefficient (Wildman–Crippen LogP) is 2.42. The highest BCUT2D eigenvalue weighted by atomic mass is 16.5. The number of nitrogens with zero attached hydrogens (tertiary/aromatic N) is 3. The average molecular weight is 349 g/mol. The van der Waals surface area contributed by atoms with Crippen LogP contribution >= 0.6 is 0 Å². The Morgan fingerprint density at radius 2 is 1.96 bits per heavy atom. The molecule has 0 spiro atoms. The molecule has 0 saturated carbocycles. The second-order valence-electron chi connectivity index (χ2n) is 5.47. The van der Waals surface area contributed by atoms with Crippen molar-refractivity contribution in [2.24, 2.45) is 0 Å². The van der Waals surface area contributed by atoms with Crippen LogP contribution in [-0.2, 0) is 13.1 Å². The van der Waals surface area contributed by atoms with Crippen molar-refractivity contribution >= 4 is 11.9 Å². The van der Waals surface area contributed by atoms with Gasteiger partial charge in [-0.2, -0.15) is 0 Å². The number of amides is 1. The summed E-state index contributed by atoms with van der Waals surface area (Å²) in [7, 11) is 1.63. The van der Waals surface area contributed by atoms with Crippen LogP contribution in [0, 0.1) is 0 Å². The van der Waals surface area contributed by atoms with Gasteiger partial charge in [0.25, 0.3) is 5.91 Å². The maximum Gasteiger partial charge on any atom is 0.270 e. The van der Waals surface area contributed by atoms with Gasteiger partial charge in [0.1, 0.15) is 11.4 Å². The maximum atomic E-state index is 12.3. The molecule has 26 heavy (non-hydrogen) atoms. The van der Waals surface area contributed by atoms with Crippen LogP contribution in [0.15, 0.2) is 61.1 Å². The molecule has 2 aromatic heterocycles. The highest BCUT2D eigenvalue weighted by Gasteiger charge is 2.09. The summed E-state index contributed by atoms with van der Waals surface area (Å²) >= 11 is 0. The standard InChI is InChI=1S/C19H19N5O2/c1-26-17-7-3-2-6-15(17)13-23-19-21-10-8-16(24-19)18(25)22-12-14-5-4-9-20-11-14/h2-11H,12-13H2,1H3,(H,22,25)(H,21,23,24). The number of hydrogen-bond donors (Lipinski definition) is 2. The van der Waals surface area contributed by atoms with Crippen molar-refractivity contribution in [3.63, 3.8) is 0 Å². The minimum Gasteiger partial charge on any atom is -0.496 e. The molecule has 0 aliphatic heterocycles. The second kappa shape index (κ2) is 8.57. The zero-order valence-corrected chi connectivity index (χ0v) is 14.3. The molecule has 0 radical (unpaired) electrons. The fourth-order valence-electron chi connectivity index (χ4n) is 2.37. The first-order chi connectivity index (χ1) is 12.8. The number of para-hydroxylation sites is 1. The van der Waals surface area contributed by atoms with E-state index in [2.05, 4.69) is 25.6 Å². The Labute approximate surface area is 151 Å². The molecule has 2 heterocycles. The van der Waals surface area contributed by atoms with Crippen LogP contribution in [-0.4, -0.2) is 28.0 Å². The molecule has 1 aromatic carbocycles. The number of benzene rings is 1. The zero-order chi connectivity index (χ0) is 18.2. The summed E-state index contributed by atoms with van der Waals surface area (Å²) in [4.78, 5) is 24.7. The van der Waals surface area contributed by atoms with Crippen LogP contribution in [0.1, 0.15) is 21.6 Å². The van der Waals surface area contributed by atoms with Crippen molar-refractivity contribution in [2.75, 3.05) is 12.4 Å². The summed E-state index contributed by atoms with van der Waals surface area (Å²) in [6.07, 6.45) is 4.95. The predicted molar refractivity (Wildman–Crippen MR) is 97.8 cm³/mol. The minimum absolute atomic E-state index is 0.267. The first-order valence-corrected chi connectivity index (χ1v) is 8.12. The smallest absolute Gasteiger partial charge is 0.270 e. The summed E-state index contributed by atoms with van der Waals surface area (Å²) in [5.41, 5.74) is 2.20. The van der Waals surface area contributed by atoms with Gasteiger partial charge in [0.2, 0.25) is 5.95 Å². The SMILES string of the molecule is COc1ccccc1CNc1nccc(C(=O)NCc2cccnc2)n1. The van der Waals surface area contributed by atoms with Gasteiger partial charge in [-0.25, -0.2) is 9.97 Å². The Morgan fingerprint density at radius 1 is 1.08 bits per heavy atom. The molecule has 0 aliphatic rings. The van der Waals surface area contributed by atoms with Crippen LogP contribution in [0.5, 0.6) is 5.75 Å². The Hall–Kier alpha value is -3.48. The third-order valence-electron chi connectivity index (χ3n) is 3.69. The van der Waals surface area contributed by atoms with Gasteiger partial charge in [-0.1, -0.05) is 24.3 Å². The third kappa shape index (κ3) is 4.54. The van der Waals surface area contributed by atoms with Gasteiger partial charge in [-0.05, 0) is 23.8 Å². The van der Waals surface area contributed by atoms with Crippen molar-refractivity contribution in [1.29, 1.82) is 0 Å². The van der Waals surface area contributed by atoms with Crippen LogP contribution < -0.4 is 15.4 Å². The first-order valence-electron chi connectivity index (χ1n) is 8.12. The molecule has 3 rings (SSSR count). The van der Waals surface area contributed by atoms with E-state index in [1.54, 1.807) is 31.8 Å². The zero-order valence-electron chi connectivity index (χ0n) is 14.3. The number of hydrogen-bond acceptors (Lipinski definition) is 6. The lowest BCUT2D eigenvalue weighted by Crippen LogP contribution is -2.24. The molecule has 0 atom stereocenters. The molecule has 7 nitrogen and oxygen atoms in total. The lowest BCUT2D eigenvalue weighted by molar-refractivity contribution is 0.0946. The third-order valence-corrected chi connectivity index (χ3v) is 3.69. The molecular formula is C19H19N5O2. The van der Waals surface area contributed by atoms with Gasteiger partial charge in [0, 0.05) is 37.2 Å². The van der Waals surface area contributed by atoms with Crippen LogP contribution in [0.4, 0.5) is 5.95 Å². The Kier molecular flexibility index (Phi) is 5.72. The van der Waals surface area contributed by atoms with Crippen molar-refractivity contribution in [1.82, 2.24) is 20.3 Å². The monoisotopic (exact) mass is 349 g/mol. The van der Waals surface area contributed by atoms with Gasteiger partial charge < -0.3 is 15.4 Å². The van der Waals surface area contributed by atoms with Crippen molar-refractivity contribution < 1.29 is 9.53 Å². The summed E-state index contributed by atoms with van der Waals surface area (Å²) in [5, 5.41) is 5.93. The van der Waals surface area contributed by atoms with Crippen LogP contribution in [0.25, 0.3) is 0 Å². The minimum atomic E-state index is -0.267. The molecule has 2 N–H and O–H groups in total. The van der Waals surface area contributed by atoms with Gasteiger partial charge >= 0.3 is 0 Å². The number of aromatic nitrogens is 3. The van der Waals surface area contributed by atoms with Crippen LogP contribution in [0.2, 0.25) is 0 Å². The molecule has 0 bridgehead atoms. The van der Waals surface area contributed by atoms with E-state index >= 15 is 0 Å². The van der Waals surface area contributed by atoms with Crippen LogP contribution in [0.3, 0.4) is 0 Å². The lowest BCUT2D eigenvalue weighted by atomic mass is 10.2. The fraction of sp³-hybridized carbons (Fsp3) is 0.158. The Bertz CT molecular complexity index is 871. The van der Waals surface area contributed by atoms with E-state index in [-0.39, 0.29) is 5.91 Å². The summed E-state index contributed by atoms with van der Waals surface area (Å²) in [5.74, 6) is 0.895. The number of carbonyl (C=O) groups excluding carboxylic acids is 1. The Balaban J connectivity index is 1.61. The van der Waals surface area contributed by atoms with Crippen molar-refractivity contribution in [3.8, 4) is 5.75 Å². The average Bonchev–Trinajstić information content (AvgIpc) is 2.71. The Morgan fingerprint density at radius 3 is 2.77 bits per heavy atom. The van der Waals surface area contributed by atoms with Gasteiger partial charge in [-0.15, -0.1) is 0 Å². The van der Waals surface area contributed by atoms with Gasteiger partial charge in [0.15, 0.2) is 0 Å². The van der Waals surface area contributed by atoms with E-state index in [0.29, 0.717) is 24.7 Å². The molecule has 0 unspecified atom stereocenters. The van der Waals surface area contributed by atoms with Crippen molar-refractivity contribution in [2.45, 2.75) is 13.1 Å². The van der Waals surface area contributed by atoms with Crippen molar-refractivity contribution in [3.05, 3.63) is 77.9 Å². The van der Waals surface area contributed by atoms with E-state index in [0.717, 1.165) is 16.9 Å². The van der Waals surface area contributed by atoms with E-state index in [1.165, 1.54) is 0 Å². The second-order valence-corrected chi connectivity index (χ2v) is 5.47. The largest absolute Gasteiger partial charge is 0.496 e. The fourth-order valence-corrected chi connectivity index (χ4v) is 2.37. The van der Waals surface area contributed by atoms with Gasteiger partial charge in [0.05, 0.1) is 7.11 Å². The normalized spacial score (nSPS) is 10.2. The number of rotatable bonds is 7. The molecule has 3 aromatic rings. The van der Waals surface area contributed by atoms with E-state index in [1.807, 2.05) is 36.4 Å². The highest BCUT2D eigenvalue weighted by Crippen LogP contribution is 2.18. The number of nitrogens with one attached hydrogen (secondary N) is 2. The molecule has 7 heteroatoms. The maximum absolute atomic E-state index is 12.3.